The van der Waals surface area contributed by atoms with E-state index in [4.69, 9.17) is 4.74 Å². The Balaban J connectivity index is 3.24. The van der Waals surface area contributed by atoms with Crippen LogP contribution < -0.4 is 0 Å². The summed E-state index contributed by atoms with van der Waals surface area (Å²) >= 11 is 3.12. The first-order valence-electron chi connectivity index (χ1n) is 6.01. The van der Waals surface area contributed by atoms with Gasteiger partial charge in [-0.25, -0.2) is 4.79 Å². The Morgan fingerprint density at radius 1 is 1.25 bits per heavy atom. The van der Waals surface area contributed by atoms with Gasteiger partial charge in [-0.2, -0.15) is 13.2 Å². The third-order valence-corrected chi connectivity index (χ3v) is 3.08. The Bertz CT molecular complexity index is 504. The molecular weight excluding hydrogens is 337 g/mol. The predicted octanol–water partition coefficient (Wildman–Crippen LogP) is 5.07. The molecule has 0 bridgehead atoms. The summed E-state index contributed by atoms with van der Waals surface area (Å²) < 4.78 is 44.3. The predicted molar refractivity (Wildman–Crippen MR) is 73.8 cm³/mol. The van der Waals surface area contributed by atoms with E-state index in [1.807, 2.05) is 0 Å². The maximum atomic E-state index is 12.9. The first kappa shape index (κ1) is 17.0. The van der Waals surface area contributed by atoms with Crippen LogP contribution >= 0.6 is 15.9 Å². The third-order valence-electron chi connectivity index (χ3n) is 2.59. The van der Waals surface area contributed by atoms with E-state index in [0.717, 1.165) is 6.92 Å². The highest BCUT2D eigenvalue weighted by Crippen LogP contribution is 2.37. The average molecular weight is 353 g/mol. The lowest BCUT2D eigenvalue weighted by Crippen LogP contribution is -2.26. The largest absolute Gasteiger partial charge is 0.456 e. The Hall–Kier alpha value is -1.04. The van der Waals surface area contributed by atoms with E-state index in [1.165, 1.54) is 18.2 Å². The third kappa shape index (κ3) is 4.51. The molecule has 0 aromatic heterocycles. The van der Waals surface area contributed by atoms with E-state index in [1.54, 1.807) is 20.8 Å². The van der Waals surface area contributed by atoms with Crippen LogP contribution in [0.1, 0.15) is 49.5 Å². The maximum Gasteiger partial charge on any atom is 0.395 e. The van der Waals surface area contributed by atoms with Gasteiger partial charge in [0.05, 0.1) is 11.5 Å². The minimum atomic E-state index is -4.42. The number of rotatable bonds is 2. The van der Waals surface area contributed by atoms with Gasteiger partial charge in [0, 0.05) is 4.47 Å². The van der Waals surface area contributed by atoms with E-state index in [2.05, 4.69) is 15.9 Å². The van der Waals surface area contributed by atoms with Crippen LogP contribution in [0.5, 0.6) is 0 Å². The van der Waals surface area contributed by atoms with Gasteiger partial charge >= 0.3 is 12.1 Å². The standard InChI is InChI=1S/C14H16BrF3O2/c1-8(14(16,17)18)11-7-9(15)5-6-10(11)12(19)20-13(2,3)4/h5-8H,1-4H3. The summed E-state index contributed by atoms with van der Waals surface area (Å²) in [4.78, 5) is 12.0. The van der Waals surface area contributed by atoms with Crippen molar-refractivity contribution in [2.45, 2.75) is 45.4 Å². The molecule has 1 aromatic carbocycles. The van der Waals surface area contributed by atoms with Crippen LogP contribution in [0.2, 0.25) is 0 Å². The highest BCUT2D eigenvalue weighted by Gasteiger charge is 2.39. The second-order valence-electron chi connectivity index (χ2n) is 5.50. The van der Waals surface area contributed by atoms with Gasteiger partial charge < -0.3 is 4.74 Å². The van der Waals surface area contributed by atoms with Gasteiger partial charge in [0.2, 0.25) is 0 Å². The van der Waals surface area contributed by atoms with Crippen LogP contribution in [0.3, 0.4) is 0 Å². The Labute approximate surface area is 124 Å². The summed E-state index contributed by atoms with van der Waals surface area (Å²) in [6.07, 6.45) is -4.42. The van der Waals surface area contributed by atoms with Crippen LogP contribution in [-0.4, -0.2) is 17.7 Å². The first-order valence-corrected chi connectivity index (χ1v) is 6.80. The fourth-order valence-electron chi connectivity index (χ4n) is 1.59. The van der Waals surface area contributed by atoms with E-state index in [9.17, 15) is 18.0 Å². The molecule has 0 fully saturated rings. The Kier molecular flexibility index (Phi) is 4.90. The molecule has 0 heterocycles. The van der Waals surface area contributed by atoms with Gasteiger partial charge in [0.15, 0.2) is 0 Å². The Morgan fingerprint density at radius 3 is 2.25 bits per heavy atom. The molecule has 0 N–H and O–H groups in total. The van der Waals surface area contributed by atoms with Crippen molar-refractivity contribution in [3.05, 3.63) is 33.8 Å². The molecule has 1 rings (SSSR count). The summed E-state index contributed by atoms with van der Waals surface area (Å²) in [7, 11) is 0. The molecule has 0 saturated heterocycles. The minimum absolute atomic E-state index is 0.0621. The van der Waals surface area contributed by atoms with Crippen molar-refractivity contribution in [1.29, 1.82) is 0 Å². The van der Waals surface area contributed by atoms with Gasteiger partial charge in [0.1, 0.15) is 5.60 Å². The highest BCUT2D eigenvalue weighted by atomic mass is 79.9. The van der Waals surface area contributed by atoms with Crippen molar-refractivity contribution >= 4 is 21.9 Å². The lowest BCUT2D eigenvalue weighted by Gasteiger charge is -2.23. The number of carbonyl (C=O) groups is 1. The topological polar surface area (TPSA) is 26.3 Å². The number of ether oxygens (including phenoxy) is 1. The van der Waals surface area contributed by atoms with Crippen molar-refractivity contribution < 1.29 is 22.7 Å². The molecule has 0 spiro atoms. The van der Waals surface area contributed by atoms with Crippen molar-refractivity contribution in [3.63, 3.8) is 0 Å². The van der Waals surface area contributed by atoms with Crippen molar-refractivity contribution in [2.75, 3.05) is 0 Å². The quantitative estimate of drug-likeness (QED) is 0.694. The highest BCUT2D eigenvalue weighted by molar-refractivity contribution is 9.10. The molecular formula is C14H16BrF3O2. The molecule has 2 nitrogen and oxygen atoms in total. The number of hydrogen-bond donors (Lipinski definition) is 0. The van der Waals surface area contributed by atoms with Crippen molar-refractivity contribution in [1.82, 2.24) is 0 Å². The number of esters is 1. The van der Waals surface area contributed by atoms with E-state index in [-0.39, 0.29) is 11.1 Å². The zero-order valence-electron chi connectivity index (χ0n) is 11.6. The van der Waals surface area contributed by atoms with E-state index in [0.29, 0.717) is 4.47 Å². The molecule has 0 aliphatic rings. The van der Waals surface area contributed by atoms with Gasteiger partial charge in [-0.15, -0.1) is 0 Å². The van der Waals surface area contributed by atoms with Gasteiger partial charge in [0.25, 0.3) is 0 Å². The van der Waals surface area contributed by atoms with Crippen LogP contribution in [0.15, 0.2) is 22.7 Å². The summed E-state index contributed by atoms with van der Waals surface area (Å²) in [6, 6.07) is 4.17. The normalized spacial score (nSPS) is 14.0. The number of hydrogen-bond acceptors (Lipinski definition) is 2. The second-order valence-corrected chi connectivity index (χ2v) is 6.41. The number of benzene rings is 1. The molecule has 20 heavy (non-hydrogen) atoms. The number of halogens is 4. The molecule has 0 radical (unpaired) electrons. The summed E-state index contributed by atoms with van der Waals surface area (Å²) in [6.45, 7) is 6.01. The van der Waals surface area contributed by atoms with E-state index < -0.39 is 23.7 Å². The maximum absolute atomic E-state index is 12.9. The van der Waals surface area contributed by atoms with Gasteiger partial charge in [-0.3, -0.25) is 0 Å². The van der Waals surface area contributed by atoms with Crippen LogP contribution in [0.25, 0.3) is 0 Å². The first-order chi connectivity index (χ1) is 8.92. The fourth-order valence-corrected chi connectivity index (χ4v) is 1.97. The summed E-state index contributed by atoms with van der Waals surface area (Å²) in [5.74, 6) is -2.50. The molecule has 6 heteroatoms. The van der Waals surface area contributed by atoms with Crippen molar-refractivity contribution in [3.8, 4) is 0 Å². The minimum Gasteiger partial charge on any atom is -0.456 e. The van der Waals surface area contributed by atoms with Crippen LogP contribution in [-0.2, 0) is 4.74 Å². The van der Waals surface area contributed by atoms with Crippen LogP contribution in [0, 0.1) is 0 Å². The van der Waals surface area contributed by atoms with E-state index >= 15 is 0 Å². The molecule has 0 amide bonds. The molecule has 1 aromatic rings. The van der Waals surface area contributed by atoms with Gasteiger partial charge in [-0.05, 0) is 51.5 Å². The summed E-state index contributed by atoms with van der Waals surface area (Å²) in [5, 5.41) is 0. The lowest BCUT2D eigenvalue weighted by molar-refractivity contribution is -0.146. The van der Waals surface area contributed by atoms with Crippen LogP contribution in [0.4, 0.5) is 13.2 Å². The molecule has 1 atom stereocenters. The molecule has 1 unspecified atom stereocenters. The number of carbonyl (C=O) groups excluding carboxylic acids is 1. The molecule has 0 aliphatic carbocycles. The van der Waals surface area contributed by atoms with Crippen molar-refractivity contribution in [2.24, 2.45) is 0 Å². The van der Waals surface area contributed by atoms with Gasteiger partial charge in [-0.1, -0.05) is 15.9 Å². The fraction of sp³-hybridized carbons (Fsp3) is 0.500. The lowest BCUT2D eigenvalue weighted by atomic mass is 9.95. The molecule has 112 valence electrons. The SMILES string of the molecule is CC(c1cc(Br)ccc1C(=O)OC(C)(C)C)C(F)(F)F. The number of alkyl halides is 3. The Morgan fingerprint density at radius 2 is 1.80 bits per heavy atom. The monoisotopic (exact) mass is 352 g/mol. The molecule has 0 aliphatic heterocycles. The smallest absolute Gasteiger partial charge is 0.395 e. The zero-order valence-corrected chi connectivity index (χ0v) is 13.2. The summed E-state index contributed by atoms with van der Waals surface area (Å²) in [5.41, 5.74) is -0.919. The molecule has 0 saturated carbocycles. The average Bonchev–Trinajstić information content (AvgIpc) is 2.24. The zero-order chi connectivity index (χ0) is 15.7. The second kappa shape index (κ2) is 5.76.